The second-order valence-electron chi connectivity index (χ2n) is 7.56. The van der Waals surface area contributed by atoms with Crippen LogP contribution in [-0.2, 0) is 4.74 Å². The van der Waals surface area contributed by atoms with E-state index >= 15 is 0 Å². The van der Waals surface area contributed by atoms with E-state index in [0.29, 0.717) is 0 Å². The Hall–Kier alpha value is -2.48. The highest BCUT2D eigenvalue weighted by Crippen LogP contribution is 2.43. The maximum absolute atomic E-state index is 5.81. The number of anilines is 2. The van der Waals surface area contributed by atoms with E-state index in [4.69, 9.17) is 17.0 Å². The molecule has 0 unspecified atom stereocenters. The quantitative estimate of drug-likeness (QED) is 0.609. The zero-order valence-corrected chi connectivity index (χ0v) is 18.5. The molecule has 2 fully saturated rings. The van der Waals surface area contributed by atoms with Gasteiger partial charge in [-0.3, -0.25) is 4.98 Å². The first-order chi connectivity index (χ1) is 14.7. The maximum Gasteiger partial charge on any atom is 0.174 e. The molecule has 0 bridgehead atoms. The highest BCUT2D eigenvalue weighted by Gasteiger charge is 2.41. The number of hydrogen-bond donors (Lipinski definition) is 1. The lowest BCUT2D eigenvalue weighted by molar-refractivity contribution is 0.122. The van der Waals surface area contributed by atoms with Crippen LogP contribution >= 0.6 is 23.6 Å². The molecule has 2 atom stereocenters. The first-order valence-corrected chi connectivity index (χ1v) is 11.4. The van der Waals surface area contributed by atoms with Crippen LogP contribution in [0.25, 0.3) is 0 Å². The average molecular weight is 437 g/mol. The summed E-state index contributed by atoms with van der Waals surface area (Å²) in [7, 11) is 0. The summed E-state index contributed by atoms with van der Waals surface area (Å²) < 4.78 is 5.48. The fourth-order valence-electron chi connectivity index (χ4n) is 4.18. The van der Waals surface area contributed by atoms with Crippen LogP contribution in [0.4, 0.5) is 11.4 Å². The Morgan fingerprint density at radius 2 is 1.80 bits per heavy atom. The standard InChI is InChI=1S/C23H24N4OS2/c1-16-5-10-20(30-16)22-21(19-4-2-3-11-24-19)25-23(29)27(22)18-8-6-17(7-9-18)26-12-14-28-15-13-26/h2-11,21-22H,12-15H2,1H3,(H,25,29)/t21-,22-/m1/s1. The van der Waals surface area contributed by atoms with Crippen molar-refractivity contribution in [2.24, 2.45) is 0 Å². The van der Waals surface area contributed by atoms with Crippen molar-refractivity contribution in [2.45, 2.75) is 19.0 Å². The number of benzene rings is 1. The molecule has 3 aromatic rings. The number of thiophene rings is 1. The average Bonchev–Trinajstić information content (AvgIpc) is 3.38. The van der Waals surface area contributed by atoms with Gasteiger partial charge in [-0.25, -0.2) is 0 Å². The number of nitrogens with one attached hydrogen (secondary N) is 1. The molecule has 0 amide bonds. The van der Waals surface area contributed by atoms with Gasteiger partial charge in [-0.2, -0.15) is 0 Å². The summed E-state index contributed by atoms with van der Waals surface area (Å²) in [5, 5.41) is 4.27. The van der Waals surface area contributed by atoms with Crippen molar-refractivity contribution in [1.29, 1.82) is 0 Å². The molecule has 0 saturated carbocycles. The zero-order chi connectivity index (χ0) is 20.5. The number of rotatable bonds is 4. The molecular weight excluding hydrogens is 412 g/mol. The number of thiocarbonyl (C=S) groups is 1. The lowest BCUT2D eigenvalue weighted by Gasteiger charge is -2.30. The summed E-state index contributed by atoms with van der Waals surface area (Å²) >= 11 is 7.62. The molecule has 2 aromatic heterocycles. The lowest BCUT2D eigenvalue weighted by atomic mass is 10.0. The van der Waals surface area contributed by atoms with Crippen LogP contribution in [0.3, 0.4) is 0 Å². The van der Waals surface area contributed by atoms with E-state index in [2.05, 4.69) is 69.5 Å². The lowest BCUT2D eigenvalue weighted by Crippen LogP contribution is -2.36. The van der Waals surface area contributed by atoms with Crippen molar-refractivity contribution in [3.05, 3.63) is 76.2 Å². The predicted octanol–water partition coefficient (Wildman–Crippen LogP) is 4.47. The first kappa shape index (κ1) is 19.5. The number of aryl methyl sites for hydroxylation is 1. The van der Waals surface area contributed by atoms with Crippen molar-refractivity contribution in [2.75, 3.05) is 36.1 Å². The van der Waals surface area contributed by atoms with Crippen molar-refractivity contribution >= 4 is 40.0 Å². The SMILES string of the molecule is Cc1ccc([C@@H]2[C@@H](c3ccccn3)NC(=S)N2c2ccc(N3CCOCC3)cc2)s1. The van der Waals surface area contributed by atoms with Crippen LogP contribution in [0.1, 0.15) is 27.5 Å². The number of nitrogens with zero attached hydrogens (tertiary/aromatic N) is 3. The number of hydrogen-bond acceptors (Lipinski definition) is 5. The molecule has 1 N–H and O–H groups in total. The summed E-state index contributed by atoms with van der Waals surface area (Å²) in [6.45, 7) is 5.58. The molecular formula is C23H24N4OS2. The van der Waals surface area contributed by atoms with Crippen LogP contribution in [-0.4, -0.2) is 36.4 Å². The third-order valence-electron chi connectivity index (χ3n) is 5.65. The Balaban J connectivity index is 1.50. The van der Waals surface area contributed by atoms with Gasteiger partial charge in [0.05, 0.1) is 31.0 Å². The smallest absolute Gasteiger partial charge is 0.174 e. The van der Waals surface area contributed by atoms with E-state index in [1.54, 1.807) is 0 Å². The molecule has 2 saturated heterocycles. The Kier molecular flexibility index (Phi) is 5.41. The van der Waals surface area contributed by atoms with Gasteiger partial charge in [0.1, 0.15) is 0 Å². The Morgan fingerprint density at radius 3 is 2.47 bits per heavy atom. The molecule has 2 aliphatic rings. The van der Waals surface area contributed by atoms with E-state index in [9.17, 15) is 0 Å². The Morgan fingerprint density at radius 1 is 1.03 bits per heavy atom. The Labute approximate surface area is 186 Å². The van der Waals surface area contributed by atoms with Gasteiger partial charge in [-0.15, -0.1) is 11.3 Å². The van der Waals surface area contributed by atoms with Gasteiger partial charge in [-0.1, -0.05) is 6.07 Å². The molecule has 1 aromatic carbocycles. The van der Waals surface area contributed by atoms with E-state index < -0.39 is 0 Å². The fourth-order valence-corrected chi connectivity index (χ4v) is 5.53. The summed E-state index contributed by atoms with van der Waals surface area (Å²) in [4.78, 5) is 11.8. The van der Waals surface area contributed by atoms with Crippen LogP contribution in [0, 0.1) is 6.92 Å². The Bertz CT molecular complexity index is 1020. The summed E-state index contributed by atoms with van der Waals surface area (Å²) in [5.74, 6) is 0. The molecule has 2 aliphatic heterocycles. The molecule has 4 heterocycles. The summed E-state index contributed by atoms with van der Waals surface area (Å²) in [6.07, 6.45) is 1.84. The molecule has 30 heavy (non-hydrogen) atoms. The highest BCUT2D eigenvalue weighted by atomic mass is 32.1. The van der Waals surface area contributed by atoms with Crippen LogP contribution in [0.2, 0.25) is 0 Å². The maximum atomic E-state index is 5.81. The van der Waals surface area contributed by atoms with E-state index in [1.807, 2.05) is 29.7 Å². The molecule has 5 rings (SSSR count). The second kappa shape index (κ2) is 8.34. The largest absolute Gasteiger partial charge is 0.378 e. The van der Waals surface area contributed by atoms with E-state index in [1.165, 1.54) is 15.4 Å². The topological polar surface area (TPSA) is 40.6 Å². The van der Waals surface area contributed by atoms with Gasteiger partial charge >= 0.3 is 0 Å². The number of aromatic nitrogens is 1. The normalized spacial score (nSPS) is 21.7. The van der Waals surface area contributed by atoms with Crippen molar-refractivity contribution in [1.82, 2.24) is 10.3 Å². The zero-order valence-electron chi connectivity index (χ0n) is 16.8. The van der Waals surface area contributed by atoms with Crippen LogP contribution in [0.5, 0.6) is 0 Å². The summed E-state index contributed by atoms with van der Waals surface area (Å²) in [5.41, 5.74) is 3.33. The van der Waals surface area contributed by atoms with Crippen molar-refractivity contribution in [3.63, 3.8) is 0 Å². The third-order valence-corrected chi connectivity index (χ3v) is 7.04. The van der Waals surface area contributed by atoms with E-state index in [-0.39, 0.29) is 12.1 Å². The first-order valence-electron chi connectivity index (χ1n) is 10.2. The summed E-state index contributed by atoms with van der Waals surface area (Å²) in [6, 6.07) is 19.2. The van der Waals surface area contributed by atoms with Gasteiger partial charge in [0.15, 0.2) is 5.11 Å². The molecule has 0 spiro atoms. The van der Waals surface area contributed by atoms with Gasteiger partial charge in [-0.05, 0) is 67.7 Å². The fraction of sp³-hybridized carbons (Fsp3) is 0.304. The minimum atomic E-state index is 0.00988. The molecule has 0 radical (unpaired) electrons. The number of morpholine rings is 1. The van der Waals surface area contributed by atoms with Crippen LogP contribution < -0.4 is 15.1 Å². The predicted molar refractivity (Wildman–Crippen MR) is 126 cm³/mol. The van der Waals surface area contributed by atoms with Gasteiger partial charge in [0.25, 0.3) is 0 Å². The van der Waals surface area contributed by atoms with Crippen LogP contribution in [0.15, 0.2) is 60.8 Å². The van der Waals surface area contributed by atoms with Crippen molar-refractivity contribution < 1.29 is 4.74 Å². The van der Waals surface area contributed by atoms with Crippen molar-refractivity contribution in [3.8, 4) is 0 Å². The van der Waals surface area contributed by atoms with Gasteiger partial charge < -0.3 is 19.9 Å². The van der Waals surface area contributed by atoms with E-state index in [0.717, 1.165) is 42.8 Å². The molecule has 7 heteroatoms. The third kappa shape index (κ3) is 3.69. The highest BCUT2D eigenvalue weighted by molar-refractivity contribution is 7.80. The monoisotopic (exact) mass is 436 g/mol. The molecule has 154 valence electrons. The number of ether oxygens (including phenoxy) is 1. The number of pyridine rings is 1. The molecule has 0 aliphatic carbocycles. The second-order valence-corrected chi connectivity index (χ2v) is 9.27. The van der Waals surface area contributed by atoms with Gasteiger partial charge in [0.2, 0.25) is 0 Å². The minimum absolute atomic E-state index is 0.00988. The van der Waals surface area contributed by atoms with Gasteiger partial charge in [0, 0.05) is 40.4 Å². The minimum Gasteiger partial charge on any atom is -0.378 e. The molecule has 5 nitrogen and oxygen atoms in total.